The zero-order chi connectivity index (χ0) is 14.6. The summed E-state index contributed by atoms with van der Waals surface area (Å²) in [6.07, 6.45) is 0.0962. The quantitative estimate of drug-likeness (QED) is 0.888. The van der Waals surface area contributed by atoms with E-state index in [1.54, 1.807) is 14.2 Å². The highest BCUT2D eigenvalue weighted by molar-refractivity contribution is 5.68. The van der Waals surface area contributed by atoms with Crippen LogP contribution in [-0.2, 0) is 4.79 Å². The molecule has 0 amide bonds. The minimum atomic E-state index is -0.797. The highest BCUT2D eigenvalue weighted by Gasteiger charge is 2.29. The van der Waals surface area contributed by atoms with Crippen LogP contribution in [0.3, 0.4) is 0 Å². The summed E-state index contributed by atoms with van der Waals surface area (Å²) >= 11 is 0. The summed E-state index contributed by atoms with van der Waals surface area (Å²) in [5.74, 6) is 0.397. The van der Waals surface area contributed by atoms with Gasteiger partial charge in [-0.2, -0.15) is 0 Å². The van der Waals surface area contributed by atoms with Crippen LogP contribution in [0.5, 0.6) is 11.5 Å². The molecule has 1 N–H and O–H groups in total. The van der Waals surface area contributed by atoms with Gasteiger partial charge in [0, 0.05) is 0 Å². The Morgan fingerprint density at radius 3 is 2.21 bits per heavy atom. The first kappa shape index (κ1) is 15.3. The van der Waals surface area contributed by atoms with Gasteiger partial charge in [0.25, 0.3) is 0 Å². The first-order valence-electron chi connectivity index (χ1n) is 6.23. The normalized spacial score (nSPS) is 12.9. The van der Waals surface area contributed by atoms with E-state index >= 15 is 0 Å². The number of carboxylic acids is 1. The number of rotatable bonds is 5. The van der Waals surface area contributed by atoms with Crippen LogP contribution in [0.4, 0.5) is 0 Å². The van der Waals surface area contributed by atoms with Crippen LogP contribution in [0.1, 0.15) is 38.7 Å². The third-order valence-corrected chi connectivity index (χ3v) is 3.23. The van der Waals surface area contributed by atoms with E-state index in [2.05, 4.69) is 0 Å². The molecule has 0 aliphatic carbocycles. The van der Waals surface area contributed by atoms with Gasteiger partial charge in [0.15, 0.2) is 11.5 Å². The van der Waals surface area contributed by atoms with E-state index in [-0.39, 0.29) is 17.8 Å². The lowest BCUT2D eigenvalue weighted by molar-refractivity contribution is -0.138. The van der Waals surface area contributed by atoms with Crippen molar-refractivity contribution in [2.24, 2.45) is 5.41 Å². The predicted molar refractivity (Wildman–Crippen MR) is 74.0 cm³/mol. The molecule has 0 fully saturated rings. The van der Waals surface area contributed by atoms with Crippen molar-refractivity contribution in [1.82, 2.24) is 0 Å². The van der Waals surface area contributed by atoms with Gasteiger partial charge in [-0.25, -0.2) is 0 Å². The van der Waals surface area contributed by atoms with Crippen molar-refractivity contribution < 1.29 is 19.4 Å². The van der Waals surface area contributed by atoms with Crippen LogP contribution in [0.2, 0.25) is 0 Å². The highest BCUT2D eigenvalue weighted by Crippen LogP contribution is 2.40. The largest absolute Gasteiger partial charge is 0.493 e. The zero-order valence-corrected chi connectivity index (χ0v) is 12.2. The summed E-state index contributed by atoms with van der Waals surface area (Å²) in [5, 5.41) is 9.08. The molecule has 1 rings (SSSR count). The van der Waals surface area contributed by atoms with E-state index in [0.717, 1.165) is 5.56 Å². The fourth-order valence-electron chi connectivity index (χ4n) is 2.17. The molecule has 0 aliphatic rings. The number of benzene rings is 1. The summed E-state index contributed by atoms with van der Waals surface area (Å²) in [4.78, 5) is 11.1. The molecule has 0 saturated carbocycles. The van der Waals surface area contributed by atoms with Gasteiger partial charge in [-0.3, -0.25) is 4.79 Å². The average molecular weight is 266 g/mol. The number of ether oxygens (including phenoxy) is 2. The molecule has 1 aromatic carbocycles. The highest BCUT2D eigenvalue weighted by atomic mass is 16.5. The molecule has 0 bridgehead atoms. The Balaban J connectivity index is 3.19. The fraction of sp³-hybridized carbons (Fsp3) is 0.533. The summed E-state index contributed by atoms with van der Waals surface area (Å²) in [5.41, 5.74) is 0.811. The van der Waals surface area contributed by atoms with Gasteiger partial charge >= 0.3 is 5.97 Å². The van der Waals surface area contributed by atoms with Crippen LogP contribution >= 0.6 is 0 Å². The fourth-order valence-corrected chi connectivity index (χ4v) is 2.17. The molecular formula is C15H22O4. The second-order valence-electron chi connectivity index (χ2n) is 5.63. The maximum Gasteiger partial charge on any atom is 0.303 e. The number of carbonyl (C=O) groups is 1. The number of carboxylic acid groups (broad SMARTS) is 1. The first-order valence-corrected chi connectivity index (χ1v) is 6.23. The van der Waals surface area contributed by atoms with Gasteiger partial charge in [-0.15, -0.1) is 0 Å². The van der Waals surface area contributed by atoms with E-state index in [1.165, 1.54) is 0 Å². The average Bonchev–Trinajstić information content (AvgIpc) is 2.33. The molecule has 4 heteroatoms. The maximum atomic E-state index is 11.1. The van der Waals surface area contributed by atoms with E-state index in [0.29, 0.717) is 11.5 Å². The molecule has 0 saturated heterocycles. The minimum absolute atomic E-state index is 0.0789. The lowest BCUT2D eigenvalue weighted by atomic mass is 9.74. The van der Waals surface area contributed by atoms with Crippen molar-refractivity contribution in [2.45, 2.75) is 33.1 Å². The number of methoxy groups -OCH3 is 2. The third-order valence-electron chi connectivity index (χ3n) is 3.23. The summed E-state index contributed by atoms with van der Waals surface area (Å²) in [6, 6.07) is 5.58. The Hall–Kier alpha value is -1.71. The summed E-state index contributed by atoms with van der Waals surface area (Å²) in [7, 11) is 3.15. The van der Waals surface area contributed by atoms with Crippen molar-refractivity contribution in [3.05, 3.63) is 23.8 Å². The Labute approximate surface area is 114 Å². The molecule has 0 heterocycles. The molecule has 1 atom stereocenters. The van der Waals surface area contributed by atoms with E-state index in [1.807, 2.05) is 39.0 Å². The number of aliphatic carboxylic acids is 1. The van der Waals surface area contributed by atoms with Gasteiger partial charge in [-0.1, -0.05) is 26.8 Å². The number of hydrogen-bond acceptors (Lipinski definition) is 3. The summed E-state index contributed by atoms with van der Waals surface area (Å²) in [6.45, 7) is 6.12. The molecule has 0 spiro atoms. The van der Waals surface area contributed by atoms with Crippen LogP contribution in [0.15, 0.2) is 18.2 Å². The molecule has 19 heavy (non-hydrogen) atoms. The first-order chi connectivity index (χ1) is 8.79. The zero-order valence-electron chi connectivity index (χ0n) is 12.2. The van der Waals surface area contributed by atoms with Crippen molar-refractivity contribution >= 4 is 5.97 Å². The SMILES string of the molecule is COc1ccc(C(CC(=O)O)C(C)(C)C)cc1OC. The molecule has 0 aliphatic heterocycles. The smallest absolute Gasteiger partial charge is 0.303 e. The van der Waals surface area contributed by atoms with Gasteiger partial charge in [0.05, 0.1) is 20.6 Å². The second-order valence-corrected chi connectivity index (χ2v) is 5.63. The molecular weight excluding hydrogens is 244 g/mol. The Bertz CT molecular complexity index is 446. The topological polar surface area (TPSA) is 55.8 Å². The van der Waals surface area contributed by atoms with Crippen molar-refractivity contribution in [3.8, 4) is 11.5 Å². The Kier molecular flexibility index (Phi) is 4.81. The van der Waals surface area contributed by atoms with E-state index < -0.39 is 5.97 Å². The standard InChI is InChI=1S/C15H22O4/c1-15(2,3)11(9-14(16)17)10-6-7-12(18-4)13(8-10)19-5/h6-8,11H,9H2,1-5H3,(H,16,17). The minimum Gasteiger partial charge on any atom is -0.493 e. The lowest BCUT2D eigenvalue weighted by Gasteiger charge is -2.30. The van der Waals surface area contributed by atoms with Crippen molar-refractivity contribution in [1.29, 1.82) is 0 Å². The Morgan fingerprint density at radius 1 is 1.21 bits per heavy atom. The van der Waals surface area contributed by atoms with Crippen LogP contribution in [-0.4, -0.2) is 25.3 Å². The van der Waals surface area contributed by atoms with Crippen LogP contribution in [0, 0.1) is 5.41 Å². The second kappa shape index (κ2) is 5.95. The third kappa shape index (κ3) is 3.88. The lowest BCUT2D eigenvalue weighted by Crippen LogP contribution is -2.21. The Morgan fingerprint density at radius 2 is 1.79 bits per heavy atom. The van der Waals surface area contributed by atoms with E-state index in [4.69, 9.17) is 14.6 Å². The predicted octanol–water partition coefficient (Wildman–Crippen LogP) is 3.31. The monoisotopic (exact) mass is 266 g/mol. The van der Waals surface area contributed by atoms with Crippen molar-refractivity contribution in [2.75, 3.05) is 14.2 Å². The molecule has 106 valence electrons. The molecule has 1 aromatic rings. The van der Waals surface area contributed by atoms with Crippen LogP contribution in [0.25, 0.3) is 0 Å². The van der Waals surface area contributed by atoms with Gasteiger partial charge in [0.2, 0.25) is 0 Å². The number of hydrogen-bond donors (Lipinski definition) is 1. The molecule has 0 aromatic heterocycles. The van der Waals surface area contributed by atoms with Gasteiger partial charge < -0.3 is 14.6 Å². The molecule has 1 unspecified atom stereocenters. The van der Waals surface area contributed by atoms with Gasteiger partial charge in [-0.05, 0) is 29.0 Å². The summed E-state index contributed by atoms with van der Waals surface area (Å²) < 4.78 is 10.5. The van der Waals surface area contributed by atoms with E-state index in [9.17, 15) is 4.79 Å². The van der Waals surface area contributed by atoms with Crippen LogP contribution < -0.4 is 9.47 Å². The van der Waals surface area contributed by atoms with Crippen molar-refractivity contribution in [3.63, 3.8) is 0 Å². The maximum absolute atomic E-state index is 11.1. The molecule has 0 radical (unpaired) electrons. The van der Waals surface area contributed by atoms with Gasteiger partial charge in [0.1, 0.15) is 0 Å². The molecule has 4 nitrogen and oxygen atoms in total.